The number of nitrogens with zero attached hydrogens (tertiary/aromatic N) is 3. The van der Waals surface area contributed by atoms with Crippen LogP contribution in [0.1, 0.15) is 63.0 Å². The molecule has 7 nitrogen and oxygen atoms in total. The molecule has 1 N–H and O–H groups in total. The molecule has 0 radical (unpaired) electrons. The van der Waals surface area contributed by atoms with Gasteiger partial charge in [0, 0.05) is 25.9 Å². The van der Waals surface area contributed by atoms with Crippen LogP contribution in [0.3, 0.4) is 0 Å². The maximum Gasteiger partial charge on any atom is 0.267 e. The average molecular weight is 501 g/mol. The molecule has 0 bridgehead atoms. The van der Waals surface area contributed by atoms with E-state index in [1.165, 1.54) is 35.4 Å². The van der Waals surface area contributed by atoms with Crippen LogP contribution >= 0.6 is 24.0 Å². The Morgan fingerprint density at radius 2 is 2.12 bits per heavy atom. The first-order valence-corrected chi connectivity index (χ1v) is 13.3. The highest BCUT2D eigenvalue weighted by molar-refractivity contribution is 8.26. The van der Waals surface area contributed by atoms with Crippen molar-refractivity contribution in [3.8, 4) is 0 Å². The molecule has 0 aromatic carbocycles. The summed E-state index contributed by atoms with van der Waals surface area (Å²) < 4.78 is 7.81. The summed E-state index contributed by atoms with van der Waals surface area (Å²) in [7, 11) is 0. The summed E-state index contributed by atoms with van der Waals surface area (Å²) in [6.07, 6.45) is 11.0. The van der Waals surface area contributed by atoms with E-state index >= 15 is 0 Å². The van der Waals surface area contributed by atoms with E-state index in [9.17, 15) is 9.59 Å². The minimum atomic E-state index is -0.214. The number of ether oxygens (including phenoxy) is 1. The van der Waals surface area contributed by atoms with Crippen molar-refractivity contribution in [2.75, 3.05) is 25.0 Å². The van der Waals surface area contributed by atoms with Gasteiger partial charge in [0.05, 0.1) is 16.6 Å². The predicted octanol–water partition coefficient (Wildman–Crippen LogP) is 4.77. The first-order chi connectivity index (χ1) is 16.5. The number of aromatic nitrogens is 2. The Kier molecular flexibility index (Phi) is 8.39. The molecule has 182 valence electrons. The van der Waals surface area contributed by atoms with E-state index in [0.717, 1.165) is 37.9 Å². The van der Waals surface area contributed by atoms with Crippen molar-refractivity contribution in [1.29, 1.82) is 0 Å². The average Bonchev–Trinajstić information content (AvgIpc) is 3.43. The third kappa shape index (κ3) is 5.53. The molecular formula is C25H32N4O3S2. The zero-order chi connectivity index (χ0) is 24.1. The molecule has 0 aliphatic carbocycles. The standard InChI is InChI=1S/C25H32N4O3S2/c1-3-4-5-6-7-12-29-24(31)20(34-25(29)33)15-19-21(26-16-18-11-9-14-32-18)27-22-17(2)10-8-13-28(22)23(19)30/h8,10,13,15,18,26H,3-7,9,11-12,14,16H2,1-2H3. The molecule has 9 heteroatoms. The van der Waals surface area contributed by atoms with E-state index in [-0.39, 0.29) is 17.6 Å². The highest BCUT2D eigenvalue weighted by Gasteiger charge is 2.32. The van der Waals surface area contributed by atoms with E-state index in [2.05, 4.69) is 12.2 Å². The molecular weight excluding hydrogens is 468 g/mol. The molecule has 1 atom stereocenters. The summed E-state index contributed by atoms with van der Waals surface area (Å²) in [5, 5.41) is 3.32. The van der Waals surface area contributed by atoms with E-state index in [1.54, 1.807) is 17.2 Å². The van der Waals surface area contributed by atoms with Crippen molar-refractivity contribution in [1.82, 2.24) is 14.3 Å². The molecule has 0 saturated carbocycles. The summed E-state index contributed by atoms with van der Waals surface area (Å²) in [5.74, 6) is 0.337. The monoisotopic (exact) mass is 500 g/mol. The van der Waals surface area contributed by atoms with Crippen molar-refractivity contribution >= 4 is 51.7 Å². The summed E-state index contributed by atoms with van der Waals surface area (Å²) >= 11 is 6.75. The van der Waals surface area contributed by atoms with Gasteiger partial charge in [-0.25, -0.2) is 4.98 Å². The Bertz CT molecular complexity index is 1150. The molecule has 2 aromatic heterocycles. The number of anilines is 1. The third-order valence-corrected chi connectivity index (χ3v) is 7.62. The van der Waals surface area contributed by atoms with E-state index in [0.29, 0.717) is 39.3 Å². The van der Waals surface area contributed by atoms with Gasteiger partial charge in [0.1, 0.15) is 15.8 Å². The lowest BCUT2D eigenvalue weighted by molar-refractivity contribution is -0.122. The fraction of sp³-hybridized carbons (Fsp3) is 0.520. The fourth-order valence-electron chi connectivity index (χ4n) is 4.29. The molecule has 2 fully saturated rings. The van der Waals surface area contributed by atoms with Crippen LogP contribution in [0.25, 0.3) is 11.7 Å². The Morgan fingerprint density at radius 3 is 2.88 bits per heavy atom. The second-order valence-electron chi connectivity index (χ2n) is 8.83. The molecule has 4 heterocycles. The molecule has 4 rings (SSSR count). The van der Waals surface area contributed by atoms with E-state index < -0.39 is 0 Å². The number of thioether (sulfide) groups is 1. The fourth-order valence-corrected chi connectivity index (χ4v) is 5.58. The SMILES string of the molecule is CCCCCCCN1C(=O)C(=Cc2c(NCC3CCCO3)nc3c(C)cccn3c2=O)SC1=S. The largest absolute Gasteiger partial charge is 0.376 e. The van der Waals surface area contributed by atoms with Gasteiger partial charge >= 0.3 is 0 Å². The number of aryl methyl sites for hydroxylation is 1. The Labute approximate surface area is 210 Å². The molecule has 0 spiro atoms. The smallest absolute Gasteiger partial charge is 0.267 e. The van der Waals surface area contributed by atoms with Gasteiger partial charge in [0.15, 0.2) is 0 Å². The molecule has 34 heavy (non-hydrogen) atoms. The van der Waals surface area contributed by atoms with Crippen LogP contribution < -0.4 is 10.9 Å². The number of nitrogens with one attached hydrogen (secondary N) is 1. The van der Waals surface area contributed by atoms with Gasteiger partial charge in [-0.2, -0.15) is 0 Å². The quantitative estimate of drug-likeness (QED) is 0.286. The maximum absolute atomic E-state index is 13.5. The van der Waals surface area contributed by atoms with Crippen LogP contribution in [0.15, 0.2) is 28.0 Å². The zero-order valence-corrected chi connectivity index (χ0v) is 21.5. The van der Waals surface area contributed by atoms with Crippen LogP contribution in [-0.2, 0) is 9.53 Å². The van der Waals surface area contributed by atoms with Crippen LogP contribution in [-0.4, -0.2) is 50.3 Å². The maximum atomic E-state index is 13.5. The second kappa shape index (κ2) is 11.5. The Hall–Kier alpha value is -2.23. The second-order valence-corrected chi connectivity index (χ2v) is 10.5. The van der Waals surface area contributed by atoms with Crippen LogP contribution in [0.4, 0.5) is 5.82 Å². The van der Waals surface area contributed by atoms with Crippen LogP contribution in [0.2, 0.25) is 0 Å². The normalized spacial score (nSPS) is 19.6. The predicted molar refractivity (Wildman–Crippen MR) is 142 cm³/mol. The lowest BCUT2D eigenvalue weighted by atomic mass is 10.1. The lowest BCUT2D eigenvalue weighted by Gasteiger charge is -2.15. The molecule has 1 unspecified atom stereocenters. The molecule has 2 aliphatic heterocycles. The van der Waals surface area contributed by atoms with Crippen molar-refractivity contribution in [2.45, 2.75) is 64.9 Å². The van der Waals surface area contributed by atoms with E-state index in [4.69, 9.17) is 21.9 Å². The number of unbranched alkanes of at least 4 members (excludes halogenated alkanes) is 4. The van der Waals surface area contributed by atoms with Gasteiger partial charge in [0.25, 0.3) is 11.5 Å². The van der Waals surface area contributed by atoms with Gasteiger partial charge < -0.3 is 10.1 Å². The Morgan fingerprint density at radius 1 is 1.29 bits per heavy atom. The number of carbonyl (C=O) groups excluding carboxylic acids is 1. The number of pyridine rings is 1. The molecule has 2 aliphatic rings. The van der Waals surface area contributed by atoms with Gasteiger partial charge in [-0.15, -0.1) is 0 Å². The summed E-state index contributed by atoms with van der Waals surface area (Å²) in [6, 6.07) is 3.75. The van der Waals surface area contributed by atoms with Crippen molar-refractivity contribution in [3.63, 3.8) is 0 Å². The number of fused-ring (bicyclic) bond motifs is 1. The first-order valence-electron chi connectivity index (χ1n) is 12.1. The van der Waals surface area contributed by atoms with Crippen molar-refractivity contribution in [2.24, 2.45) is 0 Å². The Balaban J connectivity index is 1.62. The minimum absolute atomic E-state index is 0.0934. The summed E-state index contributed by atoms with van der Waals surface area (Å²) in [5.41, 5.74) is 1.65. The first kappa shape index (κ1) is 24.9. The number of carbonyl (C=O) groups is 1. The molecule has 2 saturated heterocycles. The van der Waals surface area contributed by atoms with E-state index in [1.807, 2.05) is 19.1 Å². The minimum Gasteiger partial charge on any atom is -0.376 e. The number of amides is 1. The van der Waals surface area contributed by atoms with Gasteiger partial charge in [0.2, 0.25) is 0 Å². The van der Waals surface area contributed by atoms with Crippen LogP contribution in [0.5, 0.6) is 0 Å². The van der Waals surface area contributed by atoms with Gasteiger partial charge in [-0.1, -0.05) is 62.7 Å². The highest BCUT2D eigenvalue weighted by atomic mass is 32.2. The van der Waals surface area contributed by atoms with Gasteiger partial charge in [-0.3, -0.25) is 18.9 Å². The molecule has 2 aromatic rings. The topological polar surface area (TPSA) is 75.9 Å². The summed E-state index contributed by atoms with van der Waals surface area (Å²) in [6.45, 7) is 6.05. The number of hydrogen-bond acceptors (Lipinski definition) is 7. The lowest BCUT2D eigenvalue weighted by Crippen LogP contribution is -2.29. The van der Waals surface area contributed by atoms with Crippen molar-refractivity contribution in [3.05, 3.63) is 44.7 Å². The zero-order valence-electron chi connectivity index (χ0n) is 19.8. The highest BCUT2D eigenvalue weighted by Crippen LogP contribution is 2.33. The van der Waals surface area contributed by atoms with Crippen molar-refractivity contribution < 1.29 is 9.53 Å². The van der Waals surface area contributed by atoms with Crippen LogP contribution in [0, 0.1) is 6.92 Å². The number of thiocarbonyl (C=S) groups is 1. The number of hydrogen-bond donors (Lipinski definition) is 1. The third-order valence-electron chi connectivity index (χ3n) is 6.24. The van der Waals surface area contributed by atoms with Gasteiger partial charge in [-0.05, 0) is 43.9 Å². The summed E-state index contributed by atoms with van der Waals surface area (Å²) in [4.78, 5) is 33.5. The number of rotatable bonds is 10. The molecule has 1 amide bonds.